The normalized spacial score (nSPS) is 15.4. The third-order valence-electron chi connectivity index (χ3n) is 4.49. The van der Waals surface area contributed by atoms with Gasteiger partial charge in [-0.25, -0.2) is 4.72 Å². The molecule has 0 bridgehead atoms. The number of aryl methyl sites for hydroxylation is 1. The monoisotopic (exact) mass is 401 g/mol. The first-order valence-corrected chi connectivity index (χ1v) is 10.6. The summed E-state index contributed by atoms with van der Waals surface area (Å²) in [5.74, 6) is 0.763. The highest BCUT2D eigenvalue weighted by molar-refractivity contribution is 7.92. The molecule has 0 radical (unpaired) electrons. The lowest BCUT2D eigenvalue weighted by atomic mass is 10.1. The van der Waals surface area contributed by atoms with Crippen LogP contribution in [0.25, 0.3) is 0 Å². The van der Waals surface area contributed by atoms with Crippen molar-refractivity contribution in [3.8, 4) is 5.75 Å². The van der Waals surface area contributed by atoms with E-state index < -0.39 is 11.4 Å². The summed E-state index contributed by atoms with van der Waals surface area (Å²) in [6, 6.07) is 12.7. The number of nitrogens with one attached hydrogen (secondary N) is 2. The van der Waals surface area contributed by atoms with Gasteiger partial charge in [0.1, 0.15) is 17.1 Å². The molecule has 1 atom stereocenters. The SMILES string of the molecule is Cc1ccc([S+]([O-])Nc2ccc(OC(C)C)cc2)cc1C(=O)N1CCNCC1. The summed E-state index contributed by atoms with van der Waals surface area (Å²) in [5, 5.41) is 3.25. The van der Waals surface area contributed by atoms with Crippen molar-refractivity contribution < 1.29 is 14.1 Å². The molecule has 1 saturated heterocycles. The molecule has 1 heterocycles. The number of piperazine rings is 1. The average Bonchev–Trinajstić information content (AvgIpc) is 2.69. The lowest BCUT2D eigenvalue weighted by Crippen LogP contribution is -2.46. The molecule has 0 saturated carbocycles. The van der Waals surface area contributed by atoms with Crippen LogP contribution in [0.5, 0.6) is 5.75 Å². The third kappa shape index (κ3) is 5.19. The molecule has 3 rings (SSSR count). The molecule has 28 heavy (non-hydrogen) atoms. The van der Waals surface area contributed by atoms with Gasteiger partial charge in [0.05, 0.1) is 11.8 Å². The molecule has 0 aliphatic carbocycles. The van der Waals surface area contributed by atoms with Gasteiger partial charge in [-0.1, -0.05) is 6.07 Å². The number of rotatable bonds is 6. The molecule has 1 fully saturated rings. The van der Waals surface area contributed by atoms with Crippen LogP contribution in [0.2, 0.25) is 0 Å². The number of amides is 1. The highest BCUT2D eigenvalue weighted by Gasteiger charge is 2.22. The number of hydrogen-bond acceptors (Lipinski definition) is 5. The van der Waals surface area contributed by atoms with Gasteiger partial charge in [-0.15, -0.1) is 0 Å². The van der Waals surface area contributed by atoms with E-state index >= 15 is 0 Å². The van der Waals surface area contributed by atoms with Gasteiger partial charge in [0.25, 0.3) is 5.91 Å². The Labute approximate surface area is 169 Å². The number of benzene rings is 2. The van der Waals surface area contributed by atoms with E-state index in [1.54, 1.807) is 12.1 Å². The van der Waals surface area contributed by atoms with Crippen molar-refractivity contribution in [1.29, 1.82) is 0 Å². The van der Waals surface area contributed by atoms with Gasteiger partial charge >= 0.3 is 0 Å². The molecule has 2 aromatic rings. The molecule has 0 spiro atoms. The van der Waals surface area contributed by atoms with E-state index in [2.05, 4.69) is 10.0 Å². The van der Waals surface area contributed by atoms with Gasteiger partial charge in [0.2, 0.25) is 0 Å². The Kier molecular flexibility index (Phi) is 6.83. The quantitative estimate of drug-likeness (QED) is 0.728. The predicted octanol–water partition coefficient (Wildman–Crippen LogP) is 2.96. The first-order chi connectivity index (χ1) is 13.4. The largest absolute Gasteiger partial charge is 0.588 e. The van der Waals surface area contributed by atoms with Crippen molar-refractivity contribution in [3.05, 3.63) is 53.6 Å². The Morgan fingerprint density at radius 2 is 1.86 bits per heavy atom. The molecule has 1 aliphatic heterocycles. The predicted molar refractivity (Wildman–Crippen MR) is 112 cm³/mol. The average molecular weight is 402 g/mol. The highest BCUT2D eigenvalue weighted by Crippen LogP contribution is 2.22. The molecule has 2 aromatic carbocycles. The van der Waals surface area contributed by atoms with Crippen LogP contribution < -0.4 is 14.8 Å². The van der Waals surface area contributed by atoms with Gasteiger partial charge in [0, 0.05) is 37.8 Å². The van der Waals surface area contributed by atoms with E-state index in [1.807, 2.05) is 56.0 Å². The van der Waals surface area contributed by atoms with Crippen molar-refractivity contribution in [2.75, 3.05) is 30.9 Å². The fourth-order valence-corrected chi connectivity index (χ4v) is 3.91. The standard InChI is InChI=1S/C21H27N3O3S/c1-15(2)27-18-7-5-17(6-8-18)23-28(26)19-9-4-16(3)20(14-19)21(25)24-12-10-22-11-13-24/h4-9,14-15,22-23H,10-13H2,1-3H3. The van der Waals surface area contributed by atoms with Crippen LogP contribution in [-0.2, 0) is 11.4 Å². The van der Waals surface area contributed by atoms with Crippen LogP contribution >= 0.6 is 0 Å². The van der Waals surface area contributed by atoms with Gasteiger partial charge in [0.15, 0.2) is 4.90 Å². The van der Waals surface area contributed by atoms with E-state index in [-0.39, 0.29) is 12.0 Å². The molecule has 7 heteroatoms. The zero-order valence-corrected chi connectivity index (χ0v) is 17.3. The molecule has 0 aromatic heterocycles. The molecule has 1 unspecified atom stereocenters. The van der Waals surface area contributed by atoms with Crippen molar-refractivity contribution in [1.82, 2.24) is 10.2 Å². The number of nitrogens with zero attached hydrogens (tertiary/aromatic N) is 1. The van der Waals surface area contributed by atoms with Gasteiger partial charge < -0.3 is 19.5 Å². The van der Waals surface area contributed by atoms with Crippen molar-refractivity contribution in [2.45, 2.75) is 31.8 Å². The maximum atomic E-state index is 12.8. The van der Waals surface area contributed by atoms with Crippen molar-refractivity contribution in [2.24, 2.45) is 0 Å². The Morgan fingerprint density at radius 3 is 2.50 bits per heavy atom. The second kappa shape index (κ2) is 9.32. The fourth-order valence-electron chi connectivity index (χ4n) is 3.02. The molecule has 150 valence electrons. The Hall–Kier alpha value is -2.22. The van der Waals surface area contributed by atoms with Gasteiger partial charge in [-0.3, -0.25) is 4.79 Å². The van der Waals surface area contributed by atoms with Gasteiger partial charge in [-0.05, 0) is 56.7 Å². The zero-order chi connectivity index (χ0) is 20.1. The maximum Gasteiger partial charge on any atom is 0.254 e. The van der Waals surface area contributed by atoms with Crippen LogP contribution in [0.3, 0.4) is 0 Å². The first-order valence-electron chi connectivity index (χ1n) is 9.50. The molecule has 1 aliphatic rings. The number of ether oxygens (including phenoxy) is 1. The lowest BCUT2D eigenvalue weighted by molar-refractivity contribution is 0.0735. The summed E-state index contributed by atoms with van der Waals surface area (Å²) in [6.45, 7) is 8.82. The summed E-state index contributed by atoms with van der Waals surface area (Å²) < 4.78 is 21.4. The Bertz CT molecular complexity index is 805. The second-order valence-corrected chi connectivity index (χ2v) is 8.29. The Balaban J connectivity index is 1.71. The minimum Gasteiger partial charge on any atom is -0.588 e. The smallest absolute Gasteiger partial charge is 0.254 e. The topological polar surface area (TPSA) is 76.7 Å². The van der Waals surface area contributed by atoms with Crippen LogP contribution in [0.4, 0.5) is 5.69 Å². The fraction of sp³-hybridized carbons (Fsp3) is 0.381. The minimum absolute atomic E-state index is 0.00645. The summed E-state index contributed by atoms with van der Waals surface area (Å²) in [7, 11) is 0. The van der Waals surface area contributed by atoms with E-state index in [0.29, 0.717) is 23.5 Å². The lowest BCUT2D eigenvalue weighted by Gasteiger charge is -2.28. The van der Waals surface area contributed by atoms with Crippen LogP contribution in [0.15, 0.2) is 47.4 Å². The Morgan fingerprint density at radius 1 is 1.18 bits per heavy atom. The van der Waals surface area contributed by atoms with Crippen LogP contribution in [0, 0.1) is 6.92 Å². The molecular formula is C21H27N3O3S. The van der Waals surface area contributed by atoms with Crippen LogP contribution in [-0.4, -0.2) is 47.6 Å². The van der Waals surface area contributed by atoms with E-state index in [1.165, 1.54) is 0 Å². The number of carbonyl (C=O) groups is 1. The van der Waals surface area contributed by atoms with E-state index in [0.717, 1.165) is 30.1 Å². The summed E-state index contributed by atoms with van der Waals surface area (Å²) >= 11 is -1.47. The maximum absolute atomic E-state index is 12.8. The zero-order valence-electron chi connectivity index (χ0n) is 16.5. The van der Waals surface area contributed by atoms with Gasteiger partial charge in [-0.2, -0.15) is 0 Å². The molecule has 6 nitrogen and oxygen atoms in total. The summed E-state index contributed by atoms with van der Waals surface area (Å²) in [5.41, 5.74) is 2.22. The van der Waals surface area contributed by atoms with E-state index in [4.69, 9.17) is 4.74 Å². The number of hydrogen-bond donors (Lipinski definition) is 2. The number of carbonyl (C=O) groups excluding carboxylic acids is 1. The molecular weight excluding hydrogens is 374 g/mol. The first kappa shape index (κ1) is 20.5. The van der Waals surface area contributed by atoms with E-state index in [9.17, 15) is 9.35 Å². The summed E-state index contributed by atoms with van der Waals surface area (Å²) in [4.78, 5) is 15.3. The summed E-state index contributed by atoms with van der Waals surface area (Å²) in [6.07, 6.45) is 0.104. The highest BCUT2D eigenvalue weighted by atomic mass is 32.2. The minimum atomic E-state index is -1.47. The van der Waals surface area contributed by atoms with Crippen molar-refractivity contribution in [3.63, 3.8) is 0 Å². The van der Waals surface area contributed by atoms with Crippen LogP contribution in [0.1, 0.15) is 29.8 Å². The third-order valence-corrected chi connectivity index (χ3v) is 5.60. The molecule has 1 amide bonds. The van der Waals surface area contributed by atoms with Crippen molar-refractivity contribution >= 4 is 23.0 Å². The number of anilines is 1. The second-order valence-electron chi connectivity index (χ2n) is 7.08. The molecule has 2 N–H and O–H groups in total.